The van der Waals surface area contributed by atoms with Crippen molar-refractivity contribution < 1.29 is 23.7 Å². The number of hydrogen-bond acceptors (Lipinski definition) is 1. The Kier molecular flexibility index (Phi) is 13.2. The summed E-state index contributed by atoms with van der Waals surface area (Å²) < 4.78 is 0. The molecule has 1 aromatic carbocycles. The molecule has 0 saturated heterocycles. The quantitative estimate of drug-likeness (QED) is 0.431. The molecular formula is C10H12LiNO-2. The summed E-state index contributed by atoms with van der Waals surface area (Å²) in [6.45, 7) is 0. The molecule has 1 rings (SSSR count). The van der Waals surface area contributed by atoms with E-state index in [2.05, 4.69) is 6.07 Å². The molecule has 2 nitrogen and oxygen atoms in total. The van der Waals surface area contributed by atoms with E-state index in [0.717, 1.165) is 12.0 Å². The third kappa shape index (κ3) is 7.80. The van der Waals surface area contributed by atoms with Crippen LogP contribution in [0.3, 0.4) is 0 Å². The van der Waals surface area contributed by atoms with E-state index in [1.54, 1.807) is 0 Å². The number of rotatable bonds is 3. The minimum absolute atomic E-state index is 0. The maximum absolute atomic E-state index is 9.84. The summed E-state index contributed by atoms with van der Waals surface area (Å²) in [7, 11) is 1.25. The van der Waals surface area contributed by atoms with Crippen molar-refractivity contribution in [2.24, 2.45) is 0 Å². The van der Waals surface area contributed by atoms with Crippen molar-refractivity contribution in [1.82, 2.24) is 0 Å². The van der Waals surface area contributed by atoms with Gasteiger partial charge in [0.15, 0.2) is 0 Å². The van der Waals surface area contributed by atoms with Crippen molar-refractivity contribution >= 4 is 6.29 Å². The number of aryl methyl sites for hydroxylation is 1. The van der Waals surface area contributed by atoms with Crippen LogP contribution in [-0.2, 0) is 11.2 Å². The molecule has 0 aliphatic rings. The van der Waals surface area contributed by atoms with E-state index in [-0.39, 0.29) is 18.9 Å². The van der Waals surface area contributed by atoms with Gasteiger partial charge in [0.05, 0.1) is 0 Å². The van der Waals surface area contributed by atoms with Gasteiger partial charge in [0, 0.05) is 0 Å². The first-order valence-electron chi connectivity index (χ1n) is 3.74. The topological polar surface area (TPSA) is 40.9 Å². The molecule has 0 bridgehead atoms. The van der Waals surface area contributed by atoms with Crippen molar-refractivity contribution in [3.63, 3.8) is 0 Å². The van der Waals surface area contributed by atoms with Crippen molar-refractivity contribution in [3.8, 4) is 0 Å². The van der Waals surface area contributed by atoms with Crippen LogP contribution in [0.4, 0.5) is 0 Å². The Hall–Kier alpha value is -0.553. The standard InChI is InChI=1S/C9H8O.CH4N.Li/c10-8-4-7-9-5-2-1-3-6-9;1-2;/h1-3,5H,4,7H2;2H,1H3;/q-2;-1;+1. The predicted molar refractivity (Wildman–Crippen MR) is 49.5 cm³/mol. The van der Waals surface area contributed by atoms with Gasteiger partial charge in [-0.2, -0.15) is 49.4 Å². The molecule has 0 aliphatic carbocycles. The van der Waals surface area contributed by atoms with Crippen molar-refractivity contribution in [2.45, 2.75) is 12.8 Å². The Labute approximate surface area is 91.7 Å². The van der Waals surface area contributed by atoms with Gasteiger partial charge in [-0.05, 0) is 0 Å². The van der Waals surface area contributed by atoms with Gasteiger partial charge in [-0.3, -0.25) is 6.29 Å². The second-order valence-electron chi connectivity index (χ2n) is 2.03. The molecule has 0 spiro atoms. The summed E-state index contributed by atoms with van der Waals surface area (Å²) in [6, 6.07) is 10.7. The maximum atomic E-state index is 9.84. The third-order valence-corrected chi connectivity index (χ3v) is 1.27. The van der Waals surface area contributed by atoms with Crippen molar-refractivity contribution in [2.75, 3.05) is 7.05 Å². The first kappa shape index (κ1) is 14.9. The van der Waals surface area contributed by atoms with Crippen LogP contribution in [0.25, 0.3) is 5.73 Å². The number of hydrogen-bond donors (Lipinski definition) is 0. The van der Waals surface area contributed by atoms with Crippen LogP contribution >= 0.6 is 0 Å². The normalized spacial score (nSPS) is 7.54. The maximum Gasteiger partial charge on any atom is 1.00 e. The zero-order valence-corrected chi connectivity index (χ0v) is 8.13. The molecule has 0 unspecified atom stereocenters. The van der Waals surface area contributed by atoms with Gasteiger partial charge in [0.2, 0.25) is 0 Å². The summed E-state index contributed by atoms with van der Waals surface area (Å²) in [5.41, 5.74) is 6.82. The van der Waals surface area contributed by atoms with Crippen LogP contribution in [-0.4, -0.2) is 13.3 Å². The molecule has 1 N–H and O–H groups in total. The van der Waals surface area contributed by atoms with E-state index in [1.807, 2.05) is 30.6 Å². The van der Waals surface area contributed by atoms with Gasteiger partial charge in [-0.15, -0.1) is 0 Å². The second-order valence-corrected chi connectivity index (χ2v) is 2.03. The molecule has 66 valence electrons. The zero-order valence-electron chi connectivity index (χ0n) is 8.13. The fourth-order valence-corrected chi connectivity index (χ4v) is 0.772. The predicted octanol–water partition coefficient (Wildman–Crippen LogP) is -0.799. The number of carbonyl (C=O) groups excluding carboxylic acids is 1. The molecule has 0 heterocycles. The Balaban J connectivity index is 0. The SMILES string of the molecule is C[NH-].O=[C-]CCc1[c-]cccc1.[Li+]. The van der Waals surface area contributed by atoms with Gasteiger partial charge < -0.3 is 10.5 Å². The number of nitrogens with one attached hydrogen (secondary N) is 1. The molecule has 0 fully saturated rings. The molecule has 0 aromatic heterocycles. The third-order valence-electron chi connectivity index (χ3n) is 1.27. The monoisotopic (exact) mass is 169 g/mol. The summed E-state index contributed by atoms with van der Waals surface area (Å²) in [6.07, 6.45) is 3.07. The van der Waals surface area contributed by atoms with Crippen LogP contribution in [0.1, 0.15) is 12.0 Å². The van der Waals surface area contributed by atoms with Gasteiger partial charge in [0.1, 0.15) is 0 Å². The molecule has 0 saturated carbocycles. The van der Waals surface area contributed by atoms with E-state index in [9.17, 15) is 4.79 Å². The average molecular weight is 169 g/mol. The Morgan fingerprint density at radius 2 is 2.15 bits per heavy atom. The Morgan fingerprint density at radius 3 is 2.62 bits per heavy atom. The molecular weight excluding hydrogens is 157 g/mol. The van der Waals surface area contributed by atoms with E-state index < -0.39 is 0 Å². The van der Waals surface area contributed by atoms with Crippen molar-refractivity contribution in [1.29, 1.82) is 0 Å². The first-order valence-corrected chi connectivity index (χ1v) is 3.74. The molecule has 0 aliphatic heterocycles. The molecule has 0 radical (unpaired) electrons. The minimum Gasteiger partial charge on any atom is -0.680 e. The van der Waals surface area contributed by atoms with E-state index in [4.69, 9.17) is 5.73 Å². The van der Waals surface area contributed by atoms with Crippen LogP contribution < -0.4 is 18.9 Å². The fourth-order valence-electron chi connectivity index (χ4n) is 0.772. The van der Waals surface area contributed by atoms with Crippen LogP contribution in [0.5, 0.6) is 0 Å². The average Bonchev–Trinajstić information content (AvgIpc) is 2.19. The van der Waals surface area contributed by atoms with Gasteiger partial charge in [0.25, 0.3) is 0 Å². The summed E-state index contributed by atoms with van der Waals surface area (Å²) in [5, 5.41) is 0. The largest absolute Gasteiger partial charge is 1.00 e. The first-order chi connectivity index (χ1) is 5.93. The van der Waals surface area contributed by atoms with Crippen LogP contribution in [0, 0.1) is 6.07 Å². The number of benzene rings is 1. The van der Waals surface area contributed by atoms with Gasteiger partial charge in [-0.25, -0.2) is 0 Å². The minimum atomic E-state index is 0. The van der Waals surface area contributed by atoms with E-state index >= 15 is 0 Å². The van der Waals surface area contributed by atoms with Crippen LogP contribution in [0.15, 0.2) is 24.3 Å². The van der Waals surface area contributed by atoms with E-state index in [0.29, 0.717) is 6.42 Å². The summed E-state index contributed by atoms with van der Waals surface area (Å²) in [4.78, 5) is 9.84. The smallest absolute Gasteiger partial charge is 0.680 e. The van der Waals surface area contributed by atoms with Crippen LogP contribution in [0.2, 0.25) is 0 Å². The second kappa shape index (κ2) is 11.4. The van der Waals surface area contributed by atoms with E-state index in [1.165, 1.54) is 7.05 Å². The molecule has 1 aromatic rings. The Morgan fingerprint density at radius 1 is 1.46 bits per heavy atom. The Bertz CT molecular complexity index is 201. The van der Waals surface area contributed by atoms with Crippen molar-refractivity contribution in [3.05, 3.63) is 41.6 Å². The van der Waals surface area contributed by atoms with Gasteiger partial charge >= 0.3 is 18.9 Å². The molecule has 13 heavy (non-hydrogen) atoms. The zero-order chi connectivity index (χ0) is 9.23. The summed E-state index contributed by atoms with van der Waals surface area (Å²) in [5.74, 6) is 0. The van der Waals surface area contributed by atoms with Gasteiger partial charge in [-0.1, -0.05) is 6.42 Å². The molecule has 0 atom stereocenters. The molecule has 3 heteroatoms. The fraction of sp³-hybridized carbons (Fsp3) is 0.300. The summed E-state index contributed by atoms with van der Waals surface area (Å²) >= 11 is 0. The molecule has 0 amide bonds.